The Morgan fingerprint density at radius 2 is 1.61 bits per heavy atom. The summed E-state index contributed by atoms with van der Waals surface area (Å²) in [4.78, 5) is 22.6. The quantitative estimate of drug-likeness (QED) is 0.621. The van der Waals surface area contributed by atoms with Crippen LogP contribution < -0.4 is 0 Å². The molecule has 2 aliphatic rings. The molecule has 0 saturated carbocycles. The standard InChI is InChI=1S/C15H24N2O2.2C2HF3O2/c1-11-6-7-12(19-11)9-17-10-14(16(2)3)15-13(17)5-4-8-18-15;2*3-2(4,5)1(6)7/h6-7,13-15H,4-5,8-10H2,1-3H3;2*(H,6,7)/t13-,14-,15+;;/m1../s1. The summed E-state index contributed by atoms with van der Waals surface area (Å²) in [6, 6.07) is 5.19. The van der Waals surface area contributed by atoms with Crippen molar-refractivity contribution >= 4 is 11.9 Å². The molecule has 2 N–H and O–H groups in total. The van der Waals surface area contributed by atoms with Crippen molar-refractivity contribution in [3.8, 4) is 0 Å². The number of fused-ring (bicyclic) bond motifs is 1. The third-order valence-corrected chi connectivity index (χ3v) is 4.91. The Morgan fingerprint density at radius 1 is 1.09 bits per heavy atom. The summed E-state index contributed by atoms with van der Waals surface area (Å²) in [5, 5.41) is 14.2. The molecule has 0 aromatic carbocycles. The Balaban J connectivity index is 0.000000324. The summed E-state index contributed by atoms with van der Waals surface area (Å²) >= 11 is 0. The topological polar surface area (TPSA) is 103 Å². The van der Waals surface area contributed by atoms with Gasteiger partial charge in [0.15, 0.2) is 0 Å². The smallest absolute Gasteiger partial charge is 0.475 e. The molecule has 0 unspecified atom stereocenters. The first-order chi connectivity index (χ1) is 15.0. The average Bonchev–Trinajstić information content (AvgIpc) is 3.25. The lowest BCUT2D eigenvalue weighted by atomic mass is 10.0. The molecule has 3 atom stereocenters. The van der Waals surface area contributed by atoms with Crippen molar-refractivity contribution in [1.82, 2.24) is 9.80 Å². The molecule has 0 spiro atoms. The Morgan fingerprint density at radius 3 is 2.00 bits per heavy atom. The predicted molar refractivity (Wildman–Crippen MR) is 101 cm³/mol. The van der Waals surface area contributed by atoms with Gasteiger partial charge in [0.25, 0.3) is 0 Å². The average molecular weight is 492 g/mol. The third kappa shape index (κ3) is 9.21. The van der Waals surface area contributed by atoms with Gasteiger partial charge in [-0.15, -0.1) is 0 Å². The number of aryl methyl sites for hydroxylation is 1. The lowest BCUT2D eigenvalue weighted by Crippen LogP contribution is -2.45. The highest BCUT2D eigenvalue weighted by molar-refractivity contribution is 5.73. The maximum absolute atomic E-state index is 10.6. The van der Waals surface area contributed by atoms with Gasteiger partial charge < -0.3 is 24.3 Å². The normalized spacial score (nSPS) is 23.2. The van der Waals surface area contributed by atoms with Gasteiger partial charge in [0, 0.05) is 25.2 Å². The van der Waals surface area contributed by atoms with Crippen molar-refractivity contribution in [2.75, 3.05) is 27.2 Å². The third-order valence-electron chi connectivity index (χ3n) is 4.91. The molecule has 2 saturated heterocycles. The molecule has 33 heavy (non-hydrogen) atoms. The van der Waals surface area contributed by atoms with Gasteiger partial charge >= 0.3 is 24.3 Å². The second-order valence-electron chi connectivity index (χ2n) is 7.62. The fraction of sp³-hybridized carbons (Fsp3) is 0.684. The molecule has 0 amide bonds. The van der Waals surface area contributed by atoms with Crippen LogP contribution in [0.25, 0.3) is 0 Å². The maximum Gasteiger partial charge on any atom is 0.490 e. The number of furan rings is 1. The molecule has 3 heterocycles. The Bertz CT molecular complexity index is 756. The first-order valence-corrected chi connectivity index (χ1v) is 9.71. The SMILES string of the molecule is Cc1ccc(CN2C[C@@H](N(C)C)[C@H]3OCCC[C@H]32)o1.O=C(O)C(F)(F)F.O=C(O)C(F)(F)F. The van der Waals surface area contributed by atoms with Crippen LogP contribution in [0, 0.1) is 6.92 Å². The van der Waals surface area contributed by atoms with Crippen molar-refractivity contribution in [2.24, 2.45) is 0 Å². The van der Waals surface area contributed by atoms with E-state index >= 15 is 0 Å². The highest BCUT2D eigenvalue weighted by atomic mass is 19.4. The zero-order chi connectivity index (χ0) is 25.6. The summed E-state index contributed by atoms with van der Waals surface area (Å²) in [6.07, 6.45) is -7.39. The van der Waals surface area contributed by atoms with Crippen LogP contribution in [-0.4, -0.2) is 89.7 Å². The summed E-state index contributed by atoms with van der Waals surface area (Å²) in [6.45, 7) is 4.90. The summed E-state index contributed by atoms with van der Waals surface area (Å²) in [5.41, 5.74) is 0. The van der Waals surface area contributed by atoms with Gasteiger partial charge in [0.05, 0.1) is 12.6 Å². The number of hydrogen-bond donors (Lipinski definition) is 2. The van der Waals surface area contributed by atoms with Gasteiger partial charge in [-0.05, 0) is 46.0 Å². The summed E-state index contributed by atoms with van der Waals surface area (Å²) < 4.78 is 75.2. The van der Waals surface area contributed by atoms with Gasteiger partial charge in [0.1, 0.15) is 11.5 Å². The predicted octanol–water partition coefficient (Wildman–Crippen LogP) is 3.15. The van der Waals surface area contributed by atoms with Crippen LogP contribution in [0.2, 0.25) is 0 Å². The molecule has 8 nitrogen and oxygen atoms in total. The molecular weight excluding hydrogens is 466 g/mol. The number of likely N-dealkylation sites (tertiary alicyclic amines) is 1. The van der Waals surface area contributed by atoms with E-state index in [-0.39, 0.29) is 0 Å². The monoisotopic (exact) mass is 492 g/mol. The van der Waals surface area contributed by atoms with Crippen LogP contribution in [0.4, 0.5) is 26.3 Å². The minimum Gasteiger partial charge on any atom is -0.475 e. The van der Waals surface area contributed by atoms with Crippen molar-refractivity contribution in [1.29, 1.82) is 0 Å². The number of likely N-dealkylation sites (N-methyl/N-ethyl adjacent to an activating group) is 1. The Kier molecular flexibility index (Phi) is 10.2. The number of alkyl halides is 6. The van der Waals surface area contributed by atoms with E-state index in [0.717, 1.165) is 31.2 Å². The molecule has 1 aromatic rings. The van der Waals surface area contributed by atoms with Gasteiger partial charge in [-0.2, -0.15) is 26.3 Å². The number of halogens is 6. The molecule has 0 aliphatic carbocycles. The second-order valence-corrected chi connectivity index (χ2v) is 7.62. The van der Waals surface area contributed by atoms with Crippen LogP contribution in [0.15, 0.2) is 16.5 Å². The Labute approximate surface area is 185 Å². The molecule has 2 aliphatic heterocycles. The van der Waals surface area contributed by atoms with Crippen LogP contribution in [-0.2, 0) is 20.9 Å². The number of ether oxygens (including phenoxy) is 1. The fourth-order valence-electron chi connectivity index (χ4n) is 3.43. The number of hydrogen-bond acceptors (Lipinski definition) is 6. The highest BCUT2D eigenvalue weighted by Crippen LogP contribution is 2.32. The number of carboxylic acid groups (broad SMARTS) is 2. The number of carbonyl (C=O) groups is 2. The van der Waals surface area contributed by atoms with E-state index in [1.54, 1.807) is 0 Å². The van der Waals surface area contributed by atoms with Crippen LogP contribution in [0.3, 0.4) is 0 Å². The number of aliphatic carboxylic acids is 2. The minimum absolute atomic E-state index is 0.361. The molecule has 14 heteroatoms. The van der Waals surface area contributed by atoms with Gasteiger partial charge in [-0.1, -0.05) is 0 Å². The zero-order valence-electron chi connectivity index (χ0n) is 18.1. The molecule has 3 rings (SSSR count). The fourth-order valence-corrected chi connectivity index (χ4v) is 3.43. The highest BCUT2D eigenvalue weighted by Gasteiger charge is 2.45. The van der Waals surface area contributed by atoms with E-state index in [0.29, 0.717) is 18.2 Å². The van der Waals surface area contributed by atoms with E-state index < -0.39 is 24.3 Å². The number of rotatable bonds is 3. The molecule has 0 bridgehead atoms. The van der Waals surface area contributed by atoms with Gasteiger partial charge in [-0.3, -0.25) is 4.90 Å². The molecule has 1 aromatic heterocycles. The maximum atomic E-state index is 10.6. The van der Waals surface area contributed by atoms with Crippen molar-refractivity contribution in [3.63, 3.8) is 0 Å². The van der Waals surface area contributed by atoms with E-state index in [1.165, 1.54) is 12.8 Å². The second kappa shape index (κ2) is 11.7. The van der Waals surface area contributed by atoms with Crippen LogP contribution >= 0.6 is 0 Å². The lowest BCUT2D eigenvalue weighted by molar-refractivity contribution is -0.193. The molecular formula is C19H26F6N2O6. The number of carboxylic acids is 2. The van der Waals surface area contributed by atoms with E-state index in [1.807, 2.05) is 13.0 Å². The van der Waals surface area contributed by atoms with Gasteiger partial charge in [0.2, 0.25) is 0 Å². The summed E-state index contributed by atoms with van der Waals surface area (Å²) in [5.74, 6) is -3.45. The number of nitrogens with zero attached hydrogens (tertiary/aromatic N) is 2. The van der Waals surface area contributed by atoms with E-state index in [9.17, 15) is 26.3 Å². The zero-order valence-corrected chi connectivity index (χ0v) is 18.1. The van der Waals surface area contributed by atoms with Gasteiger partial charge in [-0.25, -0.2) is 9.59 Å². The van der Waals surface area contributed by atoms with Crippen molar-refractivity contribution in [3.05, 3.63) is 23.7 Å². The van der Waals surface area contributed by atoms with Crippen LogP contribution in [0.5, 0.6) is 0 Å². The van der Waals surface area contributed by atoms with Crippen molar-refractivity contribution in [2.45, 2.75) is 56.9 Å². The van der Waals surface area contributed by atoms with E-state index in [2.05, 4.69) is 30.0 Å². The molecule has 0 radical (unpaired) electrons. The summed E-state index contributed by atoms with van der Waals surface area (Å²) in [7, 11) is 4.31. The Hall–Kier alpha value is -2.32. The van der Waals surface area contributed by atoms with Crippen molar-refractivity contribution < 1.29 is 55.3 Å². The molecule has 190 valence electrons. The lowest BCUT2D eigenvalue weighted by Gasteiger charge is -2.33. The first kappa shape index (κ1) is 28.7. The largest absolute Gasteiger partial charge is 0.490 e. The van der Waals surface area contributed by atoms with Crippen LogP contribution in [0.1, 0.15) is 24.4 Å². The minimum atomic E-state index is -5.08. The molecule has 2 fully saturated rings. The van der Waals surface area contributed by atoms with E-state index in [4.69, 9.17) is 29.0 Å². The first-order valence-electron chi connectivity index (χ1n) is 9.71.